The molecule has 0 spiro atoms. The number of hydrogen-bond donors (Lipinski definition) is 1. The number of amidine groups is 1. The highest BCUT2D eigenvalue weighted by Crippen LogP contribution is 2.34. The Kier molecular flexibility index (Phi) is 4.35. The summed E-state index contributed by atoms with van der Waals surface area (Å²) in [5.41, 5.74) is 5.92. The van der Waals surface area contributed by atoms with Gasteiger partial charge >= 0.3 is 0 Å². The lowest BCUT2D eigenvalue weighted by atomic mass is 9.89. The van der Waals surface area contributed by atoms with Crippen molar-refractivity contribution in [2.24, 2.45) is 25.7 Å². The van der Waals surface area contributed by atoms with Gasteiger partial charge in [0.25, 0.3) is 5.56 Å². The molecule has 2 N–H and O–H groups in total. The molecule has 2 aliphatic rings. The summed E-state index contributed by atoms with van der Waals surface area (Å²) >= 11 is 12.8. The molecule has 148 valence electrons. The molecule has 0 saturated heterocycles. The SMILES string of the molecule is NC(c1nc2c(Cl)cccc2c(=O)n1-c1ccccc1Cl)C12C=NC=NC1=NC=N2. The Bertz CT molecular complexity index is 1380. The van der Waals surface area contributed by atoms with E-state index in [2.05, 4.69) is 25.0 Å². The molecule has 2 atom stereocenters. The number of aliphatic imine (C=N–C) groups is 4. The van der Waals surface area contributed by atoms with Crippen molar-refractivity contribution in [3.63, 3.8) is 0 Å². The van der Waals surface area contributed by atoms with E-state index in [9.17, 15) is 4.79 Å². The van der Waals surface area contributed by atoms with Gasteiger partial charge < -0.3 is 5.73 Å². The normalized spacial score (nSPS) is 20.4. The number of aromatic nitrogens is 2. The van der Waals surface area contributed by atoms with Crippen LogP contribution in [0.2, 0.25) is 10.0 Å². The lowest BCUT2D eigenvalue weighted by molar-refractivity contribution is 0.549. The van der Waals surface area contributed by atoms with Crippen LogP contribution in [0.5, 0.6) is 0 Å². The number of nitrogens with two attached hydrogens (primary N) is 1. The largest absolute Gasteiger partial charge is 0.319 e. The summed E-state index contributed by atoms with van der Waals surface area (Å²) in [4.78, 5) is 35.1. The van der Waals surface area contributed by atoms with Crippen LogP contribution in [0.1, 0.15) is 11.9 Å². The minimum Gasteiger partial charge on any atom is -0.319 e. The van der Waals surface area contributed by atoms with Crippen LogP contribution >= 0.6 is 23.2 Å². The van der Waals surface area contributed by atoms with Crippen molar-refractivity contribution in [1.82, 2.24) is 9.55 Å². The number of nitrogens with zero attached hydrogens (tertiary/aromatic N) is 6. The van der Waals surface area contributed by atoms with Crippen LogP contribution in [0, 0.1) is 0 Å². The van der Waals surface area contributed by atoms with Gasteiger partial charge in [-0.15, -0.1) is 0 Å². The van der Waals surface area contributed by atoms with Crippen molar-refractivity contribution in [3.05, 3.63) is 68.7 Å². The molecule has 8 nitrogen and oxygen atoms in total. The third-order valence-electron chi connectivity index (χ3n) is 5.05. The average Bonchev–Trinajstić information content (AvgIpc) is 3.20. The Labute approximate surface area is 180 Å². The molecule has 0 amide bonds. The van der Waals surface area contributed by atoms with Crippen LogP contribution in [-0.2, 0) is 0 Å². The predicted octanol–water partition coefficient (Wildman–Crippen LogP) is 2.98. The standard InChI is InChI=1S/C20H13Cl2N7O/c21-12-5-1-2-7-14(12)29-17(28-15-11(18(29)30)4-3-6-13(15)22)16(23)20-8-24-9-25-19(20)26-10-27-20/h1-10,16H,23H2. The van der Waals surface area contributed by atoms with E-state index in [-0.39, 0.29) is 11.4 Å². The highest BCUT2D eigenvalue weighted by Gasteiger charge is 2.46. The van der Waals surface area contributed by atoms with Crippen molar-refractivity contribution in [3.8, 4) is 5.69 Å². The van der Waals surface area contributed by atoms with Crippen molar-refractivity contribution >= 4 is 58.8 Å². The maximum Gasteiger partial charge on any atom is 0.266 e. The second kappa shape index (κ2) is 6.94. The Morgan fingerprint density at radius 1 is 1.03 bits per heavy atom. The van der Waals surface area contributed by atoms with E-state index in [0.29, 0.717) is 32.5 Å². The molecule has 2 aromatic carbocycles. The van der Waals surface area contributed by atoms with Crippen LogP contribution in [0.25, 0.3) is 16.6 Å². The molecule has 0 aliphatic carbocycles. The molecule has 0 fully saturated rings. The number of halogens is 2. The van der Waals surface area contributed by atoms with Gasteiger partial charge in [-0.25, -0.2) is 20.0 Å². The smallest absolute Gasteiger partial charge is 0.266 e. The number of benzene rings is 2. The van der Waals surface area contributed by atoms with E-state index in [1.54, 1.807) is 48.7 Å². The summed E-state index contributed by atoms with van der Waals surface area (Å²) in [6, 6.07) is 11.0. The molecule has 0 saturated carbocycles. The average molecular weight is 438 g/mol. The van der Waals surface area contributed by atoms with Gasteiger partial charge in [0, 0.05) is 6.21 Å². The van der Waals surface area contributed by atoms with E-state index < -0.39 is 11.6 Å². The fraction of sp³-hybridized carbons (Fsp3) is 0.100. The Morgan fingerprint density at radius 3 is 2.67 bits per heavy atom. The highest BCUT2D eigenvalue weighted by atomic mass is 35.5. The third-order valence-corrected chi connectivity index (χ3v) is 5.67. The molecule has 3 aromatic rings. The third kappa shape index (κ3) is 2.65. The van der Waals surface area contributed by atoms with Crippen LogP contribution in [0.3, 0.4) is 0 Å². The van der Waals surface area contributed by atoms with Crippen molar-refractivity contribution in [2.45, 2.75) is 11.6 Å². The first kappa shape index (κ1) is 18.8. The number of para-hydroxylation sites is 2. The van der Waals surface area contributed by atoms with Crippen molar-refractivity contribution in [1.29, 1.82) is 0 Å². The topological polar surface area (TPSA) is 110 Å². The quantitative estimate of drug-likeness (QED) is 0.679. The van der Waals surface area contributed by atoms with Gasteiger partial charge in [-0.2, -0.15) is 0 Å². The number of hydrogen-bond acceptors (Lipinski definition) is 7. The zero-order chi connectivity index (χ0) is 20.9. The zero-order valence-electron chi connectivity index (χ0n) is 15.3. The molecule has 5 rings (SSSR count). The summed E-state index contributed by atoms with van der Waals surface area (Å²) in [6.45, 7) is 0. The molecule has 1 aromatic heterocycles. The van der Waals surface area contributed by atoms with Gasteiger partial charge in [-0.1, -0.05) is 41.4 Å². The van der Waals surface area contributed by atoms with Gasteiger partial charge in [0.1, 0.15) is 24.5 Å². The lowest BCUT2D eigenvalue weighted by Gasteiger charge is -2.30. The second-order valence-electron chi connectivity index (χ2n) is 6.72. The molecular formula is C20H13Cl2N7O. The van der Waals surface area contributed by atoms with Crippen LogP contribution in [0.4, 0.5) is 0 Å². The minimum atomic E-state index is -1.19. The molecule has 0 bridgehead atoms. The zero-order valence-corrected chi connectivity index (χ0v) is 16.8. The lowest BCUT2D eigenvalue weighted by Crippen LogP contribution is -2.49. The summed E-state index contributed by atoms with van der Waals surface area (Å²) < 4.78 is 1.39. The van der Waals surface area contributed by atoms with Crippen LogP contribution in [-0.4, -0.2) is 39.8 Å². The first-order valence-electron chi connectivity index (χ1n) is 8.93. The van der Waals surface area contributed by atoms with E-state index in [1.807, 2.05) is 0 Å². The first-order chi connectivity index (χ1) is 14.5. The van der Waals surface area contributed by atoms with Gasteiger partial charge in [0.15, 0.2) is 11.4 Å². The maximum absolute atomic E-state index is 13.5. The fourth-order valence-electron chi connectivity index (χ4n) is 3.56. The summed E-state index contributed by atoms with van der Waals surface area (Å²) in [7, 11) is 0. The van der Waals surface area contributed by atoms with Crippen LogP contribution in [0.15, 0.2) is 67.2 Å². The van der Waals surface area contributed by atoms with Crippen molar-refractivity contribution < 1.29 is 0 Å². The molecule has 3 heterocycles. The Hall–Kier alpha value is -3.20. The predicted molar refractivity (Wildman–Crippen MR) is 120 cm³/mol. The Balaban J connectivity index is 1.86. The molecule has 30 heavy (non-hydrogen) atoms. The van der Waals surface area contributed by atoms with E-state index in [0.717, 1.165) is 0 Å². The summed E-state index contributed by atoms with van der Waals surface area (Å²) in [6.07, 6.45) is 4.28. The first-order valence-corrected chi connectivity index (χ1v) is 9.69. The Morgan fingerprint density at radius 2 is 1.83 bits per heavy atom. The monoisotopic (exact) mass is 437 g/mol. The van der Waals surface area contributed by atoms with Gasteiger partial charge in [-0.3, -0.25) is 14.4 Å². The van der Waals surface area contributed by atoms with Gasteiger partial charge in [0.2, 0.25) is 0 Å². The molecule has 2 unspecified atom stereocenters. The van der Waals surface area contributed by atoms with E-state index in [4.69, 9.17) is 28.9 Å². The van der Waals surface area contributed by atoms with Crippen molar-refractivity contribution in [2.75, 3.05) is 0 Å². The fourth-order valence-corrected chi connectivity index (χ4v) is 4.00. The number of fused-ring (bicyclic) bond motifs is 2. The molecule has 2 aliphatic heterocycles. The van der Waals surface area contributed by atoms with Gasteiger partial charge in [-0.05, 0) is 24.3 Å². The van der Waals surface area contributed by atoms with E-state index >= 15 is 0 Å². The number of rotatable bonds is 3. The van der Waals surface area contributed by atoms with Crippen LogP contribution < -0.4 is 11.3 Å². The molecule has 0 radical (unpaired) electrons. The van der Waals surface area contributed by atoms with E-state index in [1.165, 1.54) is 17.2 Å². The molecular weight excluding hydrogens is 425 g/mol. The molecule has 10 heteroatoms. The summed E-state index contributed by atoms with van der Waals surface area (Å²) in [5.74, 6) is 0.577. The summed E-state index contributed by atoms with van der Waals surface area (Å²) in [5, 5.41) is 1.05. The van der Waals surface area contributed by atoms with Gasteiger partial charge in [0.05, 0.1) is 26.6 Å². The maximum atomic E-state index is 13.5. The second-order valence-corrected chi connectivity index (χ2v) is 7.54. The highest BCUT2D eigenvalue weighted by molar-refractivity contribution is 6.35. The minimum absolute atomic E-state index is 0.212.